The van der Waals surface area contributed by atoms with Crippen LogP contribution in [0.25, 0.3) is 0 Å². The molecule has 3 rings (SSSR count). The van der Waals surface area contributed by atoms with Crippen LogP contribution in [0.15, 0.2) is 49.1 Å². The second-order valence-corrected chi connectivity index (χ2v) is 5.93. The fourth-order valence-electron chi connectivity index (χ4n) is 2.53. The van der Waals surface area contributed by atoms with Crippen LogP contribution < -0.4 is 10.6 Å². The number of nitrogens with one attached hydrogen (secondary N) is 2. The van der Waals surface area contributed by atoms with Crippen molar-refractivity contribution in [3.63, 3.8) is 0 Å². The van der Waals surface area contributed by atoms with Gasteiger partial charge in [-0.05, 0) is 25.1 Å². The van der Waals surface area contributed by atoms with Gasteiger partial charge in [-0.15, -0.1) is 0 Å². The number of rotatable bonds is 6. The van der Waals surface area contributed by atoms with E-state index >= 15 is 0 Å². The monoisotopic (exact) mass is 352 g/mol. The Balaban J connectivity index is 1.61. The maximum absolute atomic E-state index is 12.4. The van der Waals surface area contributed by atoms with Crippen LogP contribution >= 0.6 is 0 Å². The molecule has 8 nitrogen and oxygen atoms in total. The molecule has 2 N–H and O–H groups in total. The highest BCUT2D eigenvalue weighted by molar-refractivity contribution is 6.05. The van der Waals surface area contributed by atoms with Gasteiger partial charge >= 0.3 is 0 Å². The zero-order valence-corrected chi connectivity index (χ0v) is 14.6. The molecule has 0 radical (unpaired) electrons. The maximum atomic E-state index is 12.4. The van der Waals surface area contributed by atoms with Crippen molar-refractivity contribution in [1.29, 1.82) is 0 Å². The Bertz CT molecular complexity index is 914. The van der Waals surface area contributed by atoms with E-state index in [4.69, 9.17) is 0 Å². The van der Waals surface area contributed by atoms with E-state index in [1.165, 1.54) is 0 Å². The van der Waals surface area contributed by atoms with Crippen LogP contribution in [0.2, 0.25) is 0 Å². The maximum Gasteiger partial charge on any atom is 0.256 e. The van der Waals surface area contributed by atoms with Crippen LogP contribution in [0, 0.1) is 6.92 Å². The molecule has 0 atom stereocenters. The molecule has 0 unspecified atom stereocenters. The summed E-state index contributed by atoms with van der Waals surface area (Å²) in [5.74, 6) is 0.225. The van der Waals surface area contributed by atoms with Crippen molar-refractivity contribution in [2.75, 3.05) is 10.6 Å². The summed E-state index contributed by atoms with van der Waals surface area (Å²) in [7, 11) is 1.76. The normalized spacial score (nSPS) is 10.5. The number of anilines is 2. The summed E-state index contributed by atoms with van der Waals surface area (Å²) >= 11 is 0. The van der Waals surface area contributed by atoms with Crippen molar-refractivity contribution in [3.8, 4) is 0 Å². The highest BCUT2D eigenvalue weighted by atomic mass is 16.2. The van der Waals surface area contributed by atoms with Crippen LogP contribution in [0.4, 0.5) is 11.5 Å². The molecule has 0 fully saturated rings. The summed E-state index contributed by atoms with van der Waals surface area (Å²) < 4.78 is 3.44. The summed E-state index contributed by atoms with van der Waals surface area (Å²) in [6.07, 6.45) is 5.46. The lowest BCUT2D eigenvalue weighted by molar-refractivity contribution is -0.116. The molecule has 0 aliphatic rings. The molecule has 134 valence electrons. The molecule has 26 heavy (non-hydrogen) atoms. The third-order valence-corrected chi connectivity index (χ3v) is 3.81. The van der Waals surface area contributed by atoms with Crippen molar-refractivity contribution >= 4 is 23.3 Å². The van der Waals surface area contributed by atoms with Gasteiger partial charge in [0, 0.05) is 49.7 Å². The molecule has 0 saturated heterocycles. The average Bonchev–Trinajstić information content (AvgIpc) is 3.23. The molecular weight excluding hydrogens is 332 g/mol. The van der Waals surface area contributed by atoms with Gasteiger partial charge in [0.1, 0.15) is 5.82 Å². The second-order valence-electron chi connectivity index (χ2n) is 5.93. The Morgan fingerprint density at radius 1 is 1.19 bits per heavy atom. The van der Waals surface area contributed by atoms with E-state index in [-0.39, 0.29) is 11.8 Å². The number of aromatic nitrogens is 4. The Hall–Kier alpha value is -3.42. The van der Waals surface area contributed by atoms with Crippen LogP contribution in [0.5, 0.6) is 0 Å². The Kier molecular flexibility index (Phi) is 5.12. The number of imidazole rings is 1. The third-order valence-electron chi connectivity index (χ3n) is 3.81. The van der Waals surface area contributed by atoms with Gasteiger partial charge < -0.3 is 15.2 Å². The van der Waals surface area contributed by atoms with Gasteiger partial charge in [0.15, 0.2) is 0 Å². The number of hydrogen-bond donors (Lipinski definition) is 2. The number of aryl methyl sites for hydroxylation is 3. The van der Waals surface area contributed by atoms with Crippen molar-refractivity contribution in [3.05, 3.63) is 60.3 Å². The fraction of sp³-hybridized carbons (Fsp3) is 0.222. The first kappa shape index (κ1) is 17.4. The molecule has 0 aliphatic carbocycles. The first-order valence-corrected chi connectivity index (χ1v) is 8.19. The smallest absolute Gasteiger partial charge is 0.256 e. The van der Waals surface area contributed by atoms with Crippen LogP contribution in [-0.2, 0) is 18.4 Å². The highest BCUT2D eigenvalue weighted by Gasteiger charge is 2.11. The van der Waals surface area contributed by atoms with E-state index in [0.29, 0.717) is 30.0 Å². The Morgan fingerprint density at radius 2 is 2.04 bits per heavy atom. The molecule has 0 saturated carbocycles. The number of benzene rings is 1. The van der Waals surface area contributed by atoms with Crippen molar-refractivity contribution in [2.24, 2.45) is 7.05 Å². The largest absolute Gasteiger partial charge is 0.337 e. The molecule has 2 amide bonds. The molecule has 2 heterocycles. The van der Waals surface area contributed by atoms with Gasteiger partial charge in [-0.3, -0.25) is 14.3 Å². The number of carbonyl (C=O) groups is 2. The van der Waals surface area contributed by atoms with E-state index < -0.39 is 0 Å². The van der Waals surface area contributed by atoms with E-state index in [2.05, 4.69) is 20.7 Å². The standard InChI is InChI=1S/C18H20N6O2/c1-13-10-16(23(2)22-13)21-18(26)14-4-3-5-15(11-14)20-17(25)6-8-24-9-7-19-12-24/h3-5,7,9-12H,6,8H2,1-2H3,(H,20,25)(H,21,26). The van der Waals surface area contributed by atoms with Gasteiger partial charge in [-0.2, -0.15) is 5.10 Å². The SMILES string of the molecule is Cc1cc(NC(=O)c2cccc(NC(=O)CCn3ccnc3)c2)n(C)n1. The lowest BCUT2D eigenvalue weighted by atomic mass is 10.2. The quantitative estimate of drug-likeness (QED) is 0.711. The number of hydrogen-bond acceptors (Lipinski definition) is 4. The first-order chi connectivity index (χ1) is 12.5. The first-order valence-electron chi connectivity index (χ1n) is 8.19. The summed E-state index contributed by atoms with van der Waals surface area (Å²) in [6.45, 7) is 2.40. The minimum absolute atomic E-state index is 0.126. The molecule has 0 aliphatic heterocycles. The molecule has 8 heteroatoms. The molecule has 0 bridgehead atoms. The summed E-state index contributed by atoms with van der Waals surface area (Å²) in [4.78, 5) is 28.4. The van der Waals surface area contributed by atoms with Crippen LogP contribution in [-0.4, -0.2) is 31.1 Å². The van der Waals surface area contributed by atoms with E-state index in [1.54, 1.807) is 60.8 Å². The van der Waals surface area contributed by atoms with Crippen LogP contribution in [0.3, 0.4) is 0 Å². The number of amides is 2. The molecule has 2 aromatic heterocycles. The van der Waals surface area contributed by atoms with Gasteiger partial charge in [-0.25, -0.2) is 4.98 Å². The summed E-state index contributed by atoms with van der Waals surface area (Å²) in [5.41, 5.74) is 1.85. The minimum atomic E-state index is -0.262. The topological polar surface area (TPSA) is 93.8 Å². The van der Waals surface area contributed by atoms with E-state index in [9.17, 15) is 9.59 Å². The van der Waals surface area contributed by atoms with Gasteiger partial charge in [-0.1, -0.05) is 6.07 Å². The van der Waals surface area contributed by atoms with Gasteiger partial charge in [0.2, 0.25) is 5.91 Å². The minimum Gasteiger partial charge on any atom is -0.337 e. The van der Waals surface area contributed by atoms with Gasteiger partial charge in [0.25, 0.3) is 5.91 Å². The molecule has 1 aromatic carbocycles. The van der Waals surface area contributed by atoms with Crippen molar-refractivity contribution in [2.45, 2.75) is 19.9 Å². The van der Waals surface area contributed by atoms with Crippen molar-refractivity contribution < 1.29 is 9.59 Å². The highest BCUT2D eigenvalue weighted by Crippen LogP contribution is 2.14. The molecule has 3 aromatic rings. The third kappa shape index (κ3) is 4.35. The lowest BCUT2D eigenvalue weighted by Gasteiger charge is -2.09. The zero-order valence-electron chi connectivity index (χ0n) is 14.6. The van der Waals surface area contributed by atoms with E-state index in [1.807, 2.05) is 11.5 Å². The lowest BCUT2D eigenvalue weighted by Crippen LogP contribution is -2.16. The Morgan fingerprint density at radius 3 is 2.73 bits per heavy atom. The summed E-state index contributed by atoms with van der Waals surface area (Å²) in [5, 5.41) is 9.81. The number of carbonyl (C=O) groups excluding carboxylic acids is 2. The summed E-state index contributed by atoms with van der Waals surface area (Å²) in [6, 6.07) is 8.61. The zero-order chi connectivity index (χ0) is 18.5. The molecule has 0 spiro atoms. The molecular formula is C18H20N6O2. The van der Waals surface area contributed by atoms with Crippen molar-refractivity contribution in [1.82, 2.24) is 19.3 Å². The predicted octanol–water partition coefficient (Wildman–Crippen LogP) is 2.21. The number of nitrogens with zero attached hydrogens (tertiary/aromatic N) is 4. The predicted molar refractivity (Wildman–Crippen MR) is 97.8 cm³/mol. The Labute approximate surface area is 150 Å². The second kappa shape index (κ2) is 7.64. The average molecular weight is 352 g/mol. The van der Waals surface area contributed by atoms with Crippen LogP contribution in [0.1, 0.15) is 22.5 Å². The van der Waals surface area contributed by atoms with Gasteiger partial charge in [0.05, 0.1) is 12.0 Å². The fourth-order valence-corrected chi connectivity index (χ4v) is 2.53. The van der Waals surface area contributed by atoms with E-state index in [0.717, 1.165) is 5.69 Å².